The lowest BCUT2D eigenvalue weighted by atomic mass is 9.96. The Morgan fingerprint density at radius 2 is 1.82 bits per heavy atom. The lowest BCUT2D eigenvalue weighted by Gasteiger charge is -2.44. The van der Waals surface area contributed by atoms with Crippen LogP contribution < -0.4 is 16.8 Å². The summed E-state index contributed by atoms with van der Waals surface area (Å²) < 4.78 is 10.9. The van der Waals surface area contributed by atoms with Gasteiger partial charge in [0.05, 0.1) is 18.8 Å². The van der Waals surface area contributed by atoms with Crippen LogP contribution in [0.15, 0.2) is 0 Å². The molecule has 14 heteroatoms. The number of primary amides is 1. The van der Waals surface area contributed by atoms with Crippen molar-refractivity contribution >= 4 is 23.7 Å². The maximum atomic E-state index is 12.7. The minimum atomic E-state index is -1.61. The summed E-state index contributed by atoms with van der Waals surface area (Å²) in [7, 11) is 0. The predicted octanol–water partition coefficient (Wildman–Crippen LogP) is -3.77. The van der Waals surface area contributed by atoms with E-state index in [-0.39, 0.29) is 13.0 Å². The number of amides is 3. The van der Waals surface area contributed by atoms with E-state index in [1.807, 2.05) is 0 Å². The lowest BCUT2D eigenvalue weighted by Crippen LogP contribution is -2.65. The fourth-order valence-corrected chi connectivity index (χ4v) is 3.57. The first kappa shape index (κ1) is 28.7. The van der Waals surface area contributed by atoms with Gasteiger partial charge in [0.15, 0.2) is 6.29 Å². The summed E-state index contributed by atoms with van der Waals surface area (Å²) >= 11 is 0. The number of nitrogens with one attached hydrogen (secondary N) is 1. The third kappa shape index (κ3) is 8.17. The van der Waals surface area contributed by atoms with Crippen LogP contribution in [-0.4, -0.2) is 111 Å². The largest absolute Gasteiger partial charge is 0.481 e. The Hall–Kier alpha value is -2.36. The predicted molar refractivity (Wildman–Crippen MR) is 111 cm³/mol. The van der Waals surface area contributed by atoms with Gasteiger partial charge in [-0.3, -0.25) is 19.2 Å². The van der Waals surface area contributed by atoms with Gasteiger partial charge in [0, 0.05) is 19.9 Å². The molecule has 33 heavy (non-hydrogen) atoms. The molecule has 1 fully saturated rings. The molecule has 0 aliphatic carbocycles. The highest BCUT2D eigenvalue weighted by atomic mass is 16.6. The van der Waals surface area contributed by atoms with Crippen LogP contribution >= 0.6 is 0 Å². The third-order valence-electron chi connectivity index (χ3n) is 5.09. The molecule has 0 aromatic rings. The summed E-state index contributed by atoms with van der Waals surface area (Å²) in [5.74, 6) is -3.35. The molecule has 1 unspecified atom stereocenters. The van der Waals surface area contributed by atoms with E-state index in [1.54, 1.807) is 0 Å². The second kappa shape index (κ2) is 12.8. The Kier molecular flexibility index (Phi) is 11.1. The first-order valence-corrected chi connectivity index (χ1v) is 10.4. The Balaban J connectivity index is 3.13. The lowest BCUT2D eigenvalue weighted by molar-refractivity contribution is -0.268. The molecule has 9 N–H and O–H groups in total. The molecular weight excluding hydrogens is 444 g/mol. The number of carboxylic acids is 1. The summed E-state index contributed by atoms with van der Waals surface area (Å²) in [5, 5.41) is 41.5. The molecule has 0 aromatic heterocycles. The van der Waals surface area contributed by atoms with Crippen molar-refractivity contribution in [1.29, 1.82) is 0 Å². The molecule has 0 saturated carbocycles. The molecule has 3 amide bonds. The molecule has 1 heterocycles. The van der Waals surface area contributed by atoms with Gasteiger partial charge in [0.2, 0.25) is 17.7 Å². The monoisotopic (exact) mass is 478 g/mol. The highest BCUT2D eigenvalue weighted by molar-refractivity contribution is 5.89. The zero-order chi connectivity index (χ0) is 25.5. The van der Waals surface area contributed by atoms with Gasteiger partial charge in [-0.2, -0.15) is 0 Å². The fraction of sp³-hybridized carbons (Fsp3) is 0.789. The first-order valence-electron chi connectivity index (χ1n) is 10.4. The van der Waals surface area contributed by atoms with Gasteiger partial charge in [-0.25, -0.2) is 0 Å². The molecule has 0 spiro atoms. The minimum absolute atomic E-state index is 0.254. The summed E-state index contributed by atoms with van der Waals surface area (Å²) in [5.41, 5.74) is 11.1. The minimum Gasteiger partial charge on any atom is -0.481 e. The highest BCUT2D eigenvalue weighted by Gasteiger charge is 2.46. The highest BCUT2D eigenvalue weighted by Crippen LogP contribution is 2.24. The van der Waals surface area contributed by atoms with Crippen LogP contribution in [0.4, 0.5) is 0 Å². The number of carboxylic acid groups (broad SMARTS) is 1. The van der Waals surface area contributed by atoms with E-state index in [0.717, 1.165) is 4.90 Å². The number of carbonyl (C=O) groups excluding carboxylic acids is 3. The van der Waals surface area contributed by atoms with Crippen molar-refractivity contribution in [2.45, 2.75) is 82.4 Å². The van der Waals surface area contributed by atoms with Crippen LogP contribution in [0.2, 0.25) is 0 Å². The molecule has 0 aromatic carbocycles. The summed E-state index contributed by atoms with van der Waals surface area (Å²) in [6.07, 6.45) is -7.15. The Morgan fingerprint density at radius 1 is 1.21 bits per heavy atom. The summed E-state index contributed by atoms with van der Waals surface area (Å²) in [6.45, 7) is 3.13. The Labute approximate surface area is 190 Å². The molecular formula is C19H34N4O10. The van der Waals surface area contributed by atoms with Gasteiger partial charge < -0.3 is 51.6 Å². The van der Waals surface area contributed by atoms with Crippen molar-refractivity contribution in [1.82, 2.24) is 10.2 Å². The number of aliphatic hydroxyl groups excluding tert-OH is 3. The average molecular weight is 478 g/mol. The number of hydrogen-bond donors (Lipinski definition) is 7. The van der Waals surface area contributed by atoms with Crippen molar-refractivity contribution in [3.05, 3.63) is 0 Å². The number of nitrogens with zero attached hydrogens (tertiary/aromatic N) is 1. The standard InChI is InChI=1S/C19H34N4O10/c1-8(6-23(18(30)9(2)20)11(17(21)29)4-5-13(26)27)32-16-14(22-10(3)25)19(31)33-12(7-24)15(16)28/h8-9,11-12,14-16,19,24,28,31H,4-7,20H2,1-3H3,(H2,21,29)(H,22,25)(H,26,27)/t8?,9-,11+,12+,14+,15+,16+,19-/m0/s1. The number of carbonyl (C=O) groups is 4. The second-order valence-electron chi connectivity index (χ2n) is 8.01. The molecule has 8 atom stereocenters. The smallest absolute Gasteiger partial charge is 0.303 e. The van der Waals surface area contributed by atoms with Crippen molar-refractivity contribution in [2.75, 3.05) is 13.2 Å². The number of hydrogen-bond acceptors (Lipinski definition) is 10. The molecule has 190 valence electrons. The topological polar surface area (TPSA) is 235 Å². The zero-order valence-corrected chi connectivity index (χ0v) is 18.8. The number of aliphatic carboxylic acids is 1. The van der Waals surface area contributed by atoms with Gasteiger partial charge in [-0.1, -0.05) is 0 Å². The van der Waals surface area contributed by atoms with E-state index in [2.05, 4.69) is 5.32 Å². The van der Waals surface area contributed by atoms with Crippen molar-refractivity contribution in [3.63, 3.8) is 0 Å². The van der Waals surface area contributed by atoms with E-state index in [4.69, 9.17) is 26.0 Å². The number of rotatable bonds is 12. The van der Waals surface area contributed by atoms with Crippen molar-refractivity contribution < 1.29 is 49.1 Å². The SMILES string of the molecule is CC(=O)N[C@@H]1[C@@H](OC(C)CN(C(=O)[C@H](C)N)[C@H](CCC(=O)O)C(N)=O)[C@H](O)[C@@H](CO)O[C@@H]1O. The maximum Gasteiger partial charge on any atom is 0.303 e. The van der Waals surface area contributed by atoms with E-state index in [9.17, 15) is 34.5 Å². The van der Waals surface area contributed by atoms with Crippen LogP contribution in [0.25, 0.3) is 0 Å². The summed E-state index contributed by atoms with van der Waals surface area (Å²) in [6, 6.07) is -3.53. The third-order valence-corrected chi connectivity index (χ3v) is 5.09. The number of aliphatic hydroxyl groups is 3. The van der Waals surface area contributed by atoms with Crippen LogP contribution in [0.5, 0.6) is 0 Å². The van der Waals surface area contributed by atoms with E-state index < -0.39 is 85.5 Å². The van der Waals surface area contributed by atoms with Crippen LogP contribution in [0.1, 0.15) is 33.6 Å². The molecule has 1 rings (SSSR count). The van der Waals surface area contributed by atoms with E-state index in [0.29, 0.717) is 0 Å². The van der Waals surface area contributed by atoms with Gasteiger partial charge in [-0.15, -0.1) is 0 Å². The second-order valence-corrected chi connectivity index (χ2v) is 8.01. The van der Waals surface area contributed by atoms with Crippen molar-refractivity contribution in [3.8, 4) is 0 Å². The summed E-state index contributed by atoms with van der Waals surface area (Å²) in [4.78, 5) is 48.2. The maximum absolute atomic E-state index is 12.7. The molecule has 14 nitrogen and oxygen atoms in total. The van der Waals surface area contributed by atoms with Gasteiger partial charge in [-0.05, 0) is 20.3 Å². The normalized spacial score (nSPS) is 27.8. The first-order chi connectivity index (χ1) is 15.3. The van der Waals surface area contributed by atoms with Gasteiger partial charge >= 0.3 is 5.97 Å². The fourth-order valence-electron chi connectivity index (χ4n) is 3.57. The van der Waals surface area contributed by atoms with Crippen molar-refractivity contribution in [2.24, 2.45) is 11.5 Å². The number of ether oxygens (including phenoxy) is 2. The molecule has 0 bridgehead atoms. The number of nitrogens with two attached hydrogens (primary N) is 2. The average Bonchev–Trinajstić information content (AvgIpc) is 2.70. The van der Waals surface area contributed by atoms with Crippen LogP contribution in [0.3, 0.4) is 0 Å². The molecule has 1 saturated heterocycles. The van der Waals surface area contributed by atoms with Gasteiger partial charge in [0.25, 0.3) is 0 Å². The molecule has 1 aliphatic heterocycles. The van der Waals surface area contributed by atoms with E-state index >= 15 is 0 Å². The Morgan fingerprint density at radius 3 is 2.27 bits per heavy atom. The van der Waals surface area contributed by atoms with Gasteiger partial charge in [0.1, 0.15) is 30.4 Å². The zero-order valence-electron chi connectivity index (χ0n) is 18.8. The van der Waals surface area contributed by atoms with Crippen LogP contribution in [0, 0.1) is 0 Å². The van der Waals surface area contributed by atoms with E-state index in [1.165, 1.54) is 20.8 Å². The van der Waals surface area contributed by atoms with Crippen LogP contribution in [-0.2, 0) is 28.7 Å². The molecule has 1 aliphatic rings. The molecule has 0 radical (unpaired) electrons. The Bertz CT molecular complexity index is 706. The quantitative estimate of drug-likeness (QED) is 0.144.